The third kappa shape index (κ3) is 4.12. The molecule has 0 spiro atoms. The topological polar surface area (TPSA) is 44.8 Å². The highest BCUT2D eigenvalue weighted by molar-refractivity contribution is 6.04. The maximum absolute atomic E-state index is 12.4. The van der Waals surface area contributed by atoms with E-state index in [1.165, 1.54) is 5.69 Å². The maximum Gasteiger partial charge on any atom is 0.255 e. The van der Waals surface area contributed by atoms with Gasteiger partial charge in [0.25, 0.3) is 5.91 Å². The lowest BCUT2D eigenvalue weighted by Gasteiger charge is -2.34. The largest absolute Gasteiger partial charge is 0.497 e. The van der Waals surface area contributed by atoms with Gasteiger partial charge in [-0.1, -0.05) is 0 Å². The van der Waals surface area contributed by atoms with Crippen LogP contribution in [0, 0.1) is 6.92 Å². The Kier molecular flexibility index (Phi) is 5.24. The predicted octanol–water partition coefficient (Wildman–Crippen LogP) is 3.01. The smallest absolute Gasteiger partial charge is 0.255 e. The first kappa shape index (κ1) is 17.3. The number of benzene rings is 2. The van der Waals surface area contributed by atoms with Crippen molar-refractivity contribution < 1.29 is 9.53 Å². The minimum atomic E-state index is -0.113. The minimum absolute atomic E-state index is 0.113. The molecule has 1 aliphatic rings. The molecule has 0 aromatic heterocycles. The number of methoxy groups -OCH3 is 1. The van der Waals surface area contributed by atoms with E-state index in [9.17, 15) is 4.79 Å². The lowest BCUT2D eigenvalue weighted by molar-refractivity contribution is 0.102. The maximum atomic E-state index is 12.4. The molecule has 3 rings (SSSR count). The zero-order valence-electron chi connectivity index (χ0n) is 15.1. The standard InChI is InChI=1S/C20H25N3O2/c1-15-14-17(23-12-10-22(2)11-13-23)6-9-19(15)21-20(24)16-4-7-18(25-3)8-5-16/h4-9,14H,10-13H2,1-3H3,(H,21,24). The van der Waals surface area contributed by atoms with E-state index < -0.39 is 0 Å². The van der Waals surface area contributed by atoms with Gasteiger partial charge >= 0.3 is 0 Å². The number of carbonyl (C=O) groups excluding carboxylic acids is 1. The van der Waals surface area contributed by atoms with E-state index in [1.807, 2.05) is 13.0 Å². The monoisotopic (exact) mass is 339 g/mol. The van der Waals surface area contributed by atoms with Gasteiger partial charge in [0.15, 0.2) is 0 Å². The van der Waals surface area contributed by atoms with Gasteiger partial charge in [0.05, 0.1) is 7.11 Å². The molecule has 25 heavy (non-hydrogen) atoms. The number of anilines is 2. The molecule has 1 amide bonds. The fraction of sp³-hybridized carbons (Fsp3) is 0.350. The van der Waals surface area contributed by atoms with E-state index in [0.717, 1.165) is 43.2 Å². The van der Waals surface area contributed by atoms with Gasteiger partial charge in [-0.2, -0.15) is 0 Å². The molecule has 2 aromatic rings. The van der Waals surface area contributed by atoms with Crippen LogP contribution in [-0.4, -0.2) is 51.1 Å². The van der Waals surface area contributed by atoms with Gasteiger partial charge in [-0.3, -0.25) is 4.79 Å². The molecule has 0 atom stereocenters. The van der Waals surface area contributed by atoms with Crippen molar-refractivity contribution in [2.75, 3.05) is 50.6 Å². The van der Waals surface area contributed by atoms with Crippen molar-refractivity contribution >= 4 is 17.3 Å². The second kappa shape index (κ2) is 7.57. The molecule has 0 aliphatic carbocycles. The Hall–Kier alpha value is -2.53. The van der Waals surface area contributed by atoms with Crippen LogP contribution in [-0.2, 0) is 0 Å². The third-order valence-corrected chi connectivity index (χ3v) is 4.68. The van der Waals surface area contributed by atoms with E-state index >= 15 is 0 Å². The van der Waals surface area contributed by atoms with Crippen LogP contribution in [0.25, 0.3) is 0 Å². The fourth-order valence-electron chi connectivity index (χ4n) is 2.99. The number of carbonyl (C=O) groups is 1. The fourth-order valence-corrected chi connectivity index (χ4v) is 2.99. The van der Waals surface area contributed by atoms with Crippen LogP contribution in [0.5, 0.6) is 5.75 Å². The Bertz CT molecular complexity index is 735. The second-order valence-electron chi connectivity index (χ2n) is 6.47. The van der Waals surface area contributed by atoms with Crippen LogP contribution in [0.4, 0.5) is 11.4 Å². The quantitative estimate of drug-likeness (QED) is 0.930. The van der Waals surface area contributed by atoms with Crippen molar-refractivity contribution in [2.24, 2.45) is 0 Å². The minimum Gasteiger partial charge on any atom is -0.497 e. The first-order chi connectivity index (χ1) is 12.1. The van der Waals surface area contributed by atoms with Gasteiger partial charge in [0, 0.05) is 43.1 Å². The van der Waals surface area contributed by atoms with Crippen LogP contribution in [0.2, 0.25) is 0 Å². The summed E-state index contributed by atoms with van der Waals surface area (Å²) in [7, 11) is 3.76. The number of nitrogens with one attached hydrogen (secondary N) is 1. The summed E-state index contributed by atoms with van der Waals surface area (Å²) in [6.07, 6.45) is 0. The SMILES string of the molecule is COc1ccc(C(=O)Nc2ccc(N3CCN(C)CC3)cc2C)cc1. The molecular weight excluding hydrogens is 314 g/mol. The number of amides is 1. The van der Waals surface area contributed by atoms with E-state index in [0.29, 0.717) is 5.56 Å². The van der Waals surface area contributed by atoms with Crippen LogP contribution in [0.3, 0.4) is 0 Å². The molecule has 1 N–H and O–H groups in total. The van der Waals surface area contributed by atoms with Gasteiger partial charge < -0.3 is 19.9 Å². The highest BCUT2D eigenvalue weighted by Crippen LogP contribution is 2.24. The molecule has 5 heteroatoms. The Morgan fingerprint density at radius 2 is 1.72 bits per heavy atom. The third-order valence-electron chi connectivity index (χ3n) is 4.68. The van der Waals surface area contributed by atoms with Crippen molar-refractivity contribution in [2.45, 2.75) is 6.92 Å². The number of ether oxygens (including phenoxy) is 1. The number of aryl methyl sites for hydroxylation is 1. The normalized spacial score (nSPS) is 15.1. The molecule has 1 saturated heterocycles. The summed E-state index contributed by atoms with van der Waals surface area (Å²) in [5.41, 5.74) is 3.74. The van der Waals surface area contributed by atoms with Gasteiger partial charge in [0.1, 0.15) is 5.75 Å². The van der Waals surface area contributed by atoms with E-state index in [1.54, 1.807) is 31.4 Å². The van der Waals surface area contributed by atoms with Crippen LogP contribution in [0.15, 0.2) is 42.5 Å². The van der Waals surface area contributed by atoms with E-state index in [4.69, 9.17) is 4.74 Å². The molecule has 2 aromatic carbocycles. The summed E-state index contributed by atoms with van der Waals surface area (Å²) >= 11 is 0. The molecule has 1 aliphatic heterocycles. The first-order valence-corrected chi connectivity index (χ1v) is 8.56. The lowest BCUT2D eigenvalue weighted by atomic mass is 10.1. The molecule has 1 heterocycles. The van der Waals surface area contributed by atoms with Crippen LogP contribution >= 0.6 is 0 Å². The van der Waals surface area contributed by atoms with Crippen molar-refractivity contribution in [3.05, 3.63) is 53.6 Å². The average Bonchev–Trinajstić information content (AvgIpc) is 2.64. The Morgan fingerprint density at radius 1 is 1.04 bits per heavy atom. The highest BCUT2D eigenvalue weighted by atomic mass is 16.5. The summed E-state index contributed by atoms with van der Waals surface area (Å²) in [6, 6.07) is 13.3. The molecule has 1 fully saturated rings. The molecular formula is C20H25N3O2. The van der Waals surface area contributed by atoms with Crippen molar-refractivity contribution in [1.29, 1.82) is 0 Å². The zero-order chi connectivity index (χ0) is 17.8. The number of nitrogens with zero attached hydrogens (tertiary/aromatic N) is 2. The number of hydrogen-bond donors (Lipinski definition) is 1. The Labute approximate surface area is 149 Å². The molecule has 132 valence electrons. The van der Waals surface area contributed by atoms with Crippen molar-refractivity contribution in [3.63, 3.8) is 0 Å². The number of hydrogen-bond acceptors (Lipinski definition) is 4. The van der Waals surface area contributed by atoms with Crippen LogP contribution in [0.1, 0.15) is 15.9 Å². The van der Waals surface area contributed by atoms with Gasteiger partial charge in [0.2, 0.25) is 0 Å². The van der Waals surface area contributed by atoms with Gasteiger partial charge in [-0.05, 0) is 62.0 Å². The number of likely N-dealkylation sites (N-methyl/N-ethyl adjacent to an activating group) is 1. The second-order valence-corrected chi connectivity index (χ2v) is 6.47. The highest BCUT2D eigenvalue weighted by Gasteiger charge is 2.15. The summed E-state index contributed by atoms with van der Waals surface area (Å²) in [5.74, 6) is 0.627. The van der Waals surface area contributed by atoms with E-state index in [2.05, 4.69) is 34.3 Å². The van der Waals surface area contributed by atoms with Crippen LogP contribution < -0.4 is 15.0 Å². The van der Waals surface area contributed by atoms with E-state index in [-0.39, 0.29) is 5.91 Å². The summed E-state index contributed by atoms with van der Waals surface area (Å²) in [5, 5.41) is 2.99. The Morgan fingerprint density at radius 3 is 2.32 bits per heavy atom. The summed E-state index contributed by atoms with van der Waals surface area (Å²) < 4.78 is 5.12. The van der Waals surface area contributed by atoms with Crippen molar-refractivity contribution in [3.8, 4) is 5.75 Å². The Balaban J connectivity index is 1.69. The molecule has 0 bridgehead atoms. The zero-order valence-corrected chi connectivity index (χ0v) is 15.1. The lowest BCUT2D eigenvalue weighted by Crippen LogP contribution is -2.44. The molecule has 0 saturated carbocycles. The summed E-state index contributed by atoms with van der Waals surface area (Å²) in [4.78, 5) is 17.2. The number of piperazine rings is 1. The molecule has 0 unspecified atom stereocenters. The van der Waals surface area contributed by atoms with Gasteiger partial charge in [-0.25, -0.2) is 0 Å². The molecule has 0 radical (unpaired) electrons. The number of rotatable bonds is 4. The first-order valence-electron chi connectivity index (χ1n) is 8.56. The predicted molar refractivity (Wildman–Crippen MR) is 102 cm³/mol. The van der Waals surface area contributed by atoms with Gasteiger partial charge in [-0.15, -0.1) is 0 Å². The van der Waals surface area contributed by atoms with Crippen molar-refractivity contribution in [1.82, 2.24) is 4.90 Å². The molecule has 5 nitrogen and oxygen atoms in total. The summed E-state index contributed by atoms with van der Waals surface area (Å²) in [6.45, 7) is 6.26. The average molecular weight is 339 g/mol.